The second-order valence-electron chi connectivity index (χ2n) is 6.88. The summed E-state index contributed by atoms with van der Waals surface area (Å²) in [6.07, 6.45) is 1.80. The summed E-state index contributed by atoms with van der Waals surface area (Å²) in [6.45, 7) is 5.72. The maximum Gasteiger partial charge on any atom is 0.271 e. The number of nitrogens with zero attached hydrogens (tertiary/aromatic N) is 2. The standard InChI is InChI=1S/C23H18N2O2S2/c1-4-25-22(26)17(14(3)18(12-24)23(25)27)9-16-10-20-21(28-16)11-19(29-20)15-7-5-13(2)6-8-15/h5-11H,4H2,1-3H3/b17-9-. The molecule has 0 radical (unpaired) electrons. The van der Waals surface area contributed by atoms with Crippen molar-refractivity contribution < 1.29 is 9.59 Å². The van der Waals surface area contributed by atoms with Gasteiger partial charge in [0, 0.05) is 31.3 Å². The average molecular weight is 419 g/mol. The van der Waals surface area contributed by atoms with Gasteiger partial charge in [0.1, 0.15) is 11.6 Å². The van der Waals surface area contributed by atoms with E-state index in [1.165, 1.54) is 16.0 Å². The second kappa shape index (κ2) is 7.43. The van der Waals surface area contributed by atoms with Crippen molar-refractivity contribution in [1.29, 1.82) is 5.26 Å². The molecule has 1 aliphatic heterocycles. The third kappa shape index (κ3) is 3.33. The van der Waals surface area contributed by atoms with Gasteiger partial charge >= 0.3 is 0 Å². The molecule has 2 aromatic heterocycles. The van der Waals surface area contributed by atoms with Crippen molar-refractivity contribution in [3.8, 4) is 16.5 Å². The molecule has 0 aliphatic carbocycles. The van der Waals surface area contributed by atoms with Crippen molar-refractivity contribution in [2.24, 2.45) is 0 Å². The molecule has 0 unspecified atom stereocenters. The van der Waals surface area contributed by atoms with Crippen LogP contribution < -0.4 is 0 Å². The predicted octanol–water partition coefficient (Wildman–Crippen LogP) is 5.55. The number of nitriles is 1. The Bertz CT molecular complexity index is 1220. The fraction of sp³-hybridized carbons (Fsp3) is 0.174. The fourth-order valence-corrected chi connectivity index (χ4v) is 5.70. The quantitative estimate of drug-likeness (QED) is 0.414. The second-order valence-corrected chi connectivity index (χ2v) is 9.08. The Morgan fingerprint density at radius 1 is 1.03 bits per heavy atom. The Labute approximate surface area is 177 Å². The number of rotatable bonds is 3. The van der Waals surface area contributed by atoms with E-state index in [2.05, 4.69) is 43.3 Å². The molecule has 4 rings (SSSR count). The molecule has 6 heteroatoms. The fourth-order valence-electron chi connectivity index (χ4n) is 3.34. The van der Waals surface area contributed by atoms with Crippen LogP contribution in [0.5, 0.6) is 0 Å². The van der Waals surface area contributed by atoms with Crippen LogP contribution in [0.1, 0.15) is 24.3 Å². The molecule has 0 N–H and O–H groups in total. The van der Waals surface area contributed by atoms with E-state index in [9.17, 15) is 14.9 Å². The van der Waals surface area contributed by atoms with Gasteiger partial charge in [-0.1, -0.05) is 29.8 Å². The van der Waals surface area contributed by atoms with Gasteiger partial charge < -0.3 is 0 Å². The number of carbonyl (C=O) groups excluding carboxylic acids is 2. The summed E-state index contributed by atoms with van der Waals surface area (Å²) in [5.74, 6) is -0.851. The molecule has 0 fully saturated rings. The number of imide groups is 1. The maximum atomic E-state index is 12.8. The van der Waals surface area contributed by atoms with Crippen LogP contribution in [0.4, 0.5) is 0 Å². The summed E-state index contributed by atoms with van der Waals surface area (Å²) in [4.78, 5) is 28.3. The highest BCUT2D eigenvalue weighted by atomic mass is 32.1. The lowest BCUT2D eigenvalue weighted by atomic mass is 9.95. The van der Waals surface area contributed by atoms with Crippen molar-refractivity contribution in [2.45, 2.75) is 20.8 Å². The number of likely N-dealkylation sites (N-methyl/N-ethyl adjacent to an activating group) is 1. The van der Waals surface area contributed by atoms with Gasteiger partial charge in [0.2, 0.25) is 0 Å². The number of fused-ring (bicyclic) bond motifs is 1. The summed E-state index contributed by atoms with van der Waals surface area (Å²) in [5.41, 5.74) is 3.33. The van der Waals surface area contributed by atoms with Gasteiger partial charge in [-0.05, 0) is 50.1 Å². The number of carbonyl (C=O) groups is 2. The number of aryl methyl sites for hydroxylation is 1. The first-order valence-corrected chi connectivity index (χ1v) is 10.9. The zero-order valence-electron chi connectivity index (χ0n) is 16.3. The molecule has 2 amide bonds. The molecule has 0 bridgehead atoms. The molecule has 1 aromatic carbocycles. The minimum atomic E-state index is -0.510. The van der Waals surface area contributed by atoms with Gasteiger partial charge in [0.25, 0.3) is 11.8 Å². The van der Waals surface area contributed by atoms with E-state index in [4.69, 9.17) is 0 Å². The lowest BCUT2D eigenvalue weighted by Crippen LogP contribution is -2.42. The summed E-state index contributed by atoms with van der Waals surface area (Å²) >= 11 is 3.32. The van der Waals surface area contributed by atoms with Crippen molar-refractivity contribution in [2.75, 3.05) is 6.54 Å². The van der Waals surface area contributed by atoms with Crippen molar-refractivity contribution in [3.05, 3.63) is 63.6 Å². The van der Waals surface area contributed by atoms with E-state index in [0.717, 1.165) is 19.2 Å². The van der Waals surface area contributed by atoms with Crippen molar-refractivity contribution >= 4 is 50.0 Å². The first-order valence-electron chi connectivity index (χ1n) is 9.22. The predicted molar refractivity (Wildman–Crippen MR) is 119 cm³/mol. The van der Waals surface area contributed by atoms with E-state index in [1.807, 2.05) is 6.07 Å². The zero-order valence-corrected chi connectivity index (χ0v) is 17.9. The summed E-state index contributed by atoms with van der Waals surface area (Å²) < 4.78 is 2.32. The molecule has 1 aliphatic rings. The Hall–Kier alpha value is -3.01. The molecule has 29 heavy (non-hydrogen) atoms. The SMILES string of the molecule is CCN1C(=O)C(C#N)=C(C)/C(=C/c2cc3sc(-c4ccc(C)cc4)cc3s2)C1=O. The van der Waals surface area contributed by atoms with Gasteiger partial charge in [-0.25, -0.2) is 0 Å². The number of hydrogen-bond acceptors (Lipinski definition) is 5. The van der Waals surface area contributed by atoms with Crippen molar-refractivity contribution in [3.63, 3.8) is 0 Å². The number of thiophene rings is 2. The van der Waals surface area contributed by atoms with E-state index < -0.39 is 5.91 Å². The highest BCUT2D eigenvalue weighted by Crippen LogP contribution is 2.39. The Balaban J connectivity index is 1.74. The van der Waals surface area contributed by atoms with Crippen LogP contribution in [0.15, 0.2) is 53.1 Å². The average Bonchev–Trinajstić information content (AvgIpc) is 3.25. The molecule has 0 spiro atoms. The van der Waals surface area contributed by atoms with Crippen LogP contribution in [0.2, 0.25) is 0 Å². The summed E-state index contributed by atoms with van der Waals surface area (Å²) in [7, 11) is 0. The Morgan fingerprint density at radius 2 is 1.72 bits per heavy atom. The van der Waals surface area contributed by atoms with E-state index in [-0.39, 0.29) is 18.0 Å². The van der Waals surface area contributed by atoms with Gasteiger partial charge in [-0.3, -0.25) is 14.5 Å². The molecule has 0 atom stereocenters. The normalized spacial score (nSPS) is 16.2. The Morgan fingerprint density at radius 3 is 2.34 bits per heavy atom. The number of benzene rings is 1. The van der Waals surface area contributed by atoms with Crippen LogP contribution in [-0.4, -0.2) is 23.3 Å². The molecular formula is C23H18N2O2S2. The van der Waals surface area contributed by atoms with E-state index >= 15 is 0 Å². The summed E-state index contributed by atoms with van der Waals surface area (Å²) in [6, 6.07) is 14.7. The van der Waals surface area contributed by atoms with Crippen molar-refractivity contribution in [1.82, 2.24) is 4.90 Å². The van der Waals surface area contributed by atoms with E-state index in [0.29, 0.717) is 11.1 Å². The van der Waals surface area contributed by atoms with Crippen LogP contribution in [0.3, 0.4) is 0 Å². The number of amides is 2. The van der Waals surface area contributed by atoms with Crippen LogP contribution in [0, 0.1) is 18.3 Å². The third-order valence-electron chi connectivity index (χ3n) is 4.99. The summed E-state index contributed by atoms with van der Waals surface area (Å²) in [5, 5.41) is 9.36. The molecule has 144 valence electrons. The van der Waals surface area contributed by atoms with Crippen LogP contribution in [0.25, 0.3) is 25.9 Å². The maximum absolute atomic E-state index is 12.8. The molecule has 3 aromatic rings. The Kier molecular flexibility index (Phi) is 4.95. The first kappa shape index (κ1) is 19.3. The highest BCUT2D eigenvalue weighted by molar-refractivity contribution is 7.29. The lowest BCUT2D eigenvalue weighted by molar-refractivity contribution is -0.140. The highest BCUT2D eigenvalue weighted by Gasteiger charge is 2.34. The number of hydrogen-bond donors (Lipinski definition) is 0. The minimum Gasteiger partial charge on any atom is -0.274 e. The first-order chi connectivity index (χ1) is 13.9. The van der Waals surface area contributed by atoms with E-state index in [1.54, 1.807) is 42.6 Å². The smallest absolute Gasteiger partial charge is 0.271 e. The van der Waals surface area contributed by atoms with Gasteiger partial charge in [-0.2, -0.15) is 5.26 Å². The zero-order chi connectivity index (χ0) is 20.7. The van der Waals surface area contributed by atoms with Gasteiger partial charge in [-0.15, -0.1) is 22.7 Å². The van der Waals surface area contributed by atoms with Gasteiger partial charge in [0.05, 0.1) is 0 Å². The minimum absolute atomic E-state index is 0.0396. The topological polar surface area (TPSA) is 61.2 Å². The largest absolute Gasteiger partial charge is 0.274 e. The molecule has 3 heterocycles. The molecule has 4 nitrogen and oxygen atoms in total. The van der Waals surface area contributed by atoms with Crippen LogP contribution >= 0.6 is 22.7 Å². The van der Waals surface area contributed by atoms with Crippen LogP contribution in [-0.2, 0) is 9.59 Å². The van der Waals surface area contributed by atoms with Gasteiger partial charge in [0.15, 0.2) is 0 Å². The molecular weight excluding hydrogens is 400 g/mol. The monoisotopic (exact) mass is 418 g/mol. The third-order valence-corrected chi connectivity index (χ3v) is 7.28. The lowest BCUT2D eigenvalue weighted by Gasteiger charge is -2.26. The molecule has 0 saturated carbocycles. The molecule has 0 saturated heterocycles.